The van der Waals surface area contributed by atoms with Crippen molar-refractivity contribution in [1.82, 2.24) is 9.55 Å². The van der Waals surface area contributed by atoms with E-state index in [0.29, 0.717) is 5.03 Å². The maximum atomic E-state index is 12.2. The first-order valence-corrected chi connectivity index (χ1v) is 9.30. The zero-order chi connectivity index (χ0) is 17.8. The van der Waals surface area contributed by atoms with Gasteiger partial charge in [0.05, 0.1) is 18.9 Å². The van der Waals surface area contributed by atoms with Crippen LogP contribution >= 0.6 is 11.8 Å². The molecule has 1 heterocycles. The Kier molecular flexibility index (Phi) is 5.55. The Bertz CT molecular complexity index is 831. The topological polar surface area (TPSA) is 84.2 Å². The maximum absolute atomic E-state index is 12.2. The van der Waals surface area contributed by atoms with Gasteiger partial charge in [-0.15, -0.1) is 0 Å². The monoisotopic (exact) mass is 359 g/mol. The van der Waals surface area contributed by atoms with Crippen LogP contribution in [0.4, 0.5) is 5.69 Å². The molecule has 1 aromatic carbocycles. The molecule has 0 saturated heterocycles. The second-order valence-electron chi connectivity index (χ2n) is 6.06. The van der Waals surface area contributed by atoms with Crippen LogP contribution in [0.25, 0.3) is 0 Å². The first kappa shape index (κ1) is 17.7. The fourth-order valence-corrected chi connectivity index (χ4v) is 3.88. The number of carbonyl (C=O) groups is 1. The molecule has 2 aromatic rings. The SMILES string of the molecule is Cc1ccc(NC(=O)CSc2nc(=O)n(CCO)c3c2CCC3)cc1. The van der Waals surface area contributed by atoms with Gasteiger partial charge in [0.1, 0.15) is 5.03 Å². The number of fused-ring (bicyclic) bond motifs is 1. The average molecular weight is 359 g/mol. The third-order valence-corrected chi connectivity index (χ3v) is 5.22. The van der Waals surface area contributed by atoms with Crippen molar-refractivity contribution in [2.45, 2.75) is 37.8 Å². The number of aryl methyl sites for hydroxylation is 1. The summed E-state index contributed by atoms with van der Waals surface area (Å²) in [6.45, 7) is 2.18. The lowest BCUT2D eigenvalue weighted by Gasteiger charge is -2.13. The molecule has 7 heteroatoms. The van der Waals surface area contributed by atoms with Crippen LogP contribution in [0.2, 0.25) is 0 Å². The molecule has 1 aliphatic carbocycles. The van der Waals surface area contributed by atoms with Gasteiger partial charge in [-0.2, -0.15) is 4.98 Å². The summed E-state index contributed by atoms with van der Waals surface area (Å²) >= 11 is 1.30. The molecule has 0 fully saturated rings. The lowest BCUT2D eigenvalue weighted by Crippen LogP contribution is -2.28. The molecule has 3 rings (SSSR count). The maximum Gasteiger partial charge on any atom is 0.348 e. The van der Waals surface area contributed by atoms with Crippen molar-refractivity contribution in [2.75, 3.05) is 17.7 Å². The van der Waals surface area contributed by atoms with Crippen LogP contribution in [-0.2, 0) is 24.2 Å². The normalized spacial score (nSPS) is 12.9. The zero-order valence-corrected chi connectivity index (χ0v) is 14.9. The second kappa shape index (κ2) is 7.84. The predicted molar refractivity (Wildman–Crippen MR) is 98.1 cm³/mol. The lowest BCUT2D eigenvalue weighted by molar-refractivity contribution is -0.113. The number of anilines is 1. The van der Waals surface area contributed by atoms with Gasteiger partial charge in [-0.3, -0.25) is 9.36 Å². The number of carbonyl (C=O) groups excluding carboxylic acids is 1. The lowest BCUT2D eigenvalue weighted by atomic mass is 10.2. The van der Waals surface area contributed by atoms with Gasteiger partial charge >= 0.3 is 5.69 Å². The first-order chi connectivity index (χ1) is 12.1. The largest absolute Gasteiger partial charge is 0.395 e. The van der Waals surface area contributed by atoms with Crippen LogP contribution in [-0.4, -0.2) is 32.9 Å². The molecule has 2 N–H and O–H groups in total. The van der Waals surface area contributed by atoms with Gasteiger partial charge in [-0.1, -0.05) is 29.5 Å². The second-order valence-corrected chi connectivity index (χ2v) is 7.02. The quantitative estimate of drug-likeness (QED) is 0.606. The molecule has 0 spiro atoms. The number of hydrogen-bond donors (Lipinski definition) is 2. The van der Waals surface area contributed by atoms with Crippen LogP contribution in [0.1, 0.15) is 23.2 Å². The highest BCUT2D eigenvalue weighted by Crippen LogP contribution is 2.29. The Morgan fingerprint density at radius 1 is 1.32 bits per heavy atom. The van der Waals surface area contributed by atoms with Gasteiger partial charge in [-0.05, 0) is 38.3 Å². The number of aliphatic hydroxyl groups excluding tert-OH is 1. The number of rotatable bonds is 6. The van der Waals surface area contributed by atoms with Crippen LogP contribution < -0.4 is 11.0 Å². The van der Waals surface area contributed by atoms with E-state index in [0.717, 1.165) is 41.8 Å². The van der Waals surface area contributed by atoms with Crippen LogP contribution in [0.5, 0.6) is 0 Å². The zero-order valence-electron chi connectivity index (χ0n) is 14.1. The van der Waals surface area contributed by atoms with Crippen molar-refractivity contribution in [3.63, 3.8) is 0 Å². The predicted octanol–water partition coefficient (Wildman–Crippen LogP) is 1.76. The molecule has 0 saturated carbocycles. The van der Waals surface area contributed by atoms with E-state index in [-0.39, 0.29) is 30.5 Å². The van der Waals surface area contributed by atoms with E-state index in [1.807, 2.05) is 31.2 Å². The number of hydrogen-bond acceptors (Lipinski definition) is 5. The van der Waals surface area contributed by atoms with Crippen LogP contribution in [0.3, 0.4) is 0 Å². The number of aromatic nitrogens is 2. The van der Waals surface area contributed by atoms with Crippen molar-refractivity contribution in [3.05, 3.63) is 51.6 Å². The van der Waals surface area contributed by atoms with E-state index in [9.17, 15) is 9.59 Å². The molecule has 1 aromatic heterocycles. The smallest absolute Gasteiger partial charge is 0.348 e. The number of thioether (sulfide) groups is 1. The Morgan fingerprint density at radius 2 is 2.08 bits per heavy atom. The molecular formula is C18H21N3O3S. The summed E-state index contributed by atoms with van der Waals surface area (Å²) in [5.74, 6) is 0.0819. The standard InChI is InChI=1S/C18H21N3O3S/c1-12-5-7-13(8-6-12)19-16(23)11-25-17-14-3-2-4-15(14)21(9-10-22)18(24)20-17/h5-8,22H,2-4,9-11H2,1H3,(H,19,23). The van der Waals surface area contributed by atoms with Gasteiger partial charge in [0.2, 0.25) is 5.91 Å². The summed E-state index contributed by atoms with van der Waals surface area (Å²) in [6, 6.07) is 7.61. The highest BCUT2D eigenvalue weighted by Gasteiger charge is 2.22. The van der Waals surface area contributed by atoms with Gasteiger partial charge < -0.3 is 10.4 Å². The van der Waals surface area contributed by atoms with Crippen molar-refractivity contribution >= 4 is 23.4 Å². The summed E-state index contributed by atoms with van der Waals surface area (Å²) < 4.78 is 1.55. The average Bonchev–Trinajstić information content (AvgIpc) is 3.08. The van der Waals surface area contributed by atoms with Gasteiger partial charge in [-0.25, -0.2) is 4.79 Å². The first-order valence-electron chi connectivity index (χ1n) is 8.31. The molecule has 1 aliphatic rings. The van der Waals surface area contributed by atoms with Gasteiger partial charge in [0.15, 0.2) is 0 Å². The molecule has 0 aliphatic heterocycles. The molecule has 0 radical (unpaired) electrons. The summed E-state index contributed by atoms with van der Waals surface area (Å²) in [4.78, 5) is 28.5. The number of amides is 1. The summed E-state index contributed by atoms with van der Waals surface area (Å²) in [5.41, 5.74) is 3.54. The summed E-state index contributed by atoms with van der Waals surface area (Å²) in [6.07, 6.45) is 2.64. The highest BCUT2D eigenvalue weighted by atomic mass is 32.2. The molecule has 1 amide bonds. The number of benzene rings is 1. The van der Waals surface area contributed by atoms with E-state index < -0.39 is 0 Å². The van der Waals surface area contributed by atoms with Crippen molar-refractivity contribution in [3.8, 4) is 0 Å². The van der Waals surface area contributed by atoms with E-state index in [4.69, 9.17) is 5.11 Å². The third kappa shape index (κ3) is 4.11. The molecular weight excluding hydrogens is 338 g/mol. The van der Waals surface area contributed by atoms with Gasteiger partial charge in [0, 0.05) is 16.9 Å². The number of aliphatic hydroxyl groups is 1. The van der Waals surface area contributed by atoms with E-state index >= 15 is 0 Å². The van der Waals surface area contributed by atoms with E-state index in [2.05, 4.69) is 10.3 Å². The molecule has 25 heavy (non-hydrogen) atoms. The molecule has 6 nitrogen and oxygen atoms in total. The highest BCUT2D eigenvalue weighted by molar-refractivity contribution is 8.00. The molecule has 0 bridgehead atoms. The summed E-state index contributed by atoms with van der Waals surface area (Å²) in [5, 5.41) is 12.6. The van der Waals surface area contributed by atoms with Crippen LogP contribution in [0, 0.1) is 6.92 Å². The van der Waals surface area contributed by atoms with E-state index in [1.165, 1.54) is 11.8 Å². The molecule has 0 atom stereocenters. The minimum absolute atomic E-state index is 0.0839. The van der Waals surface area contributed by atoms with Crippen molar-refractivity contribution < 1.29 is 9.90 Å². The Balaban J connectivity index is 1.70. The number of nitrogens with one attached hydrogen (secondary N) is 1. The minimum atomic E-state index is -0.351. The van der Waals surface area contributed by atoms with E-state index in [1.54, 1.807) is 4.57 Å². The van der Waals surface area contributed by atoms with Crippen molar-refractivity contribution in [2.24, 2.45) is 0 Å². The molecule has 132 valence electrons. The van der Waals surface area contributed by atoms with Crippen molar-refractivity contribution in [1.29, 1.82) is 0 Å². The Hall–Kier alpha value is -2.12. The summed E-state index contributed by atoms with van der Waals surface area (Å²) in [7, 11) is 0. The minimum Gasteiger partial charge on any atom is -0.395 e. The third-order valence-electron chi connectivity index (χ3n) is 4.20. The van der Waals surface area contributed by atoms with Crippen LogP contribution in [0.15, 0.2) is 34.1 Å². The Morgan fingerprint density at radius 3 is 2.80 bits per heavy atom. The fraction of sp³-hybridized carbons (Fsp3) is 0.389. The van der Waals surface area contributed by atoms with Gasteiger partial charge in [0.25, 0.3) is 0 Å². The molecule has 0 unspecified atom stereocenters. The number of nitrogens with zero attached hydrogens (tertiary/aromatic N) is 2. The Labute approximate surface area is 150 Å². The fourth-order valence-electron chi connectivity index (χ4n) is 3.00.